The van der Waals surface area contributed by atoms with E-state index < -0.39 is 0 Å². The Labute approximate surface area is 184 Å². The molecule has 2 N–H and O–H groups in total. The molecule has 1 aromatic carbocycles. The number of aromatic nitrogens is 2. The zero-order valence-electron chi connectivity index (χ0n) is 16.6. The van der Waals surface area contributed by atoms with Crippen LogP contribution in [0.3, 0.4) is 0 Å². The summed E-state index contributed by atoms with van der Waals surface area (Å²) in [6.45, 7) is 3.96. The minimum absolute atomic E-state index is 0. The zero-order chi connectivity index (χ0) is 18.6. The van der Waals surface area contributed by atoms with Crippen molar-refractivity contribution in [2.24, 2.45) is 4.99 Å². The van der Waals surface area contributed by atoms with Gasteiger partial charge in [0.15, 0.2) is 5.96 Å². The Morgan fingerprint density at radius 2 is 1.81 bits per heavy atom. The summed E-state index contributed by atoms with van der Waals surface area (Å²) in [6.07, 6.45) is 8.78. The van der Waals surface area contributed by atoms with Crippen LogP contribution in [0.15, 0.2) is 41.5 Å². The quantitative estimate of drug-likeness (QED) is 0.223. The van der Waals surface area contributed by atoms with E-state index in [-0.39, 0.29) is 24.0 Å². The number of benzene rings is 1. The van der Waals surface area contributed by atoms with E-state index in [9.17, 15) is 0 Å². The molecule has 0 aliphatic carbocycles. The number of aryl methyl sites for hydroxylation is 2. The fraction of sp³-hybridized carbons (Fsp3) is 0.500. The first-order valence-electron chi connectivity index (χ1n) is 9.28. The Morgan fingerprint density at radius 1 is 1.11 bits per heavy atom. The Bertz CT molecular complexity index is 672. The molecule has 1 heterocycles. The number of unbranched alkanes of at least 4 members (excludes halogenated alkanes) is 1. The molecule has 0 saturated heterocycles. The smallest absolute Gasteiger partial charge is 0.190 e. The molecule has 0 radical (unpaired) electrons. The SMILES string of the molecule is CN=C(NCCCCSC)NCCCc1cn(-c2ccccc2)nc1C.I. The number of halogens is 1. The van der Waals surface area contributed by atoms with Crippen LogP contribution in [0.25, 0.3) is 5.69 Å². The predicted octanol–water partition coefficient (Wildman–Crippen LogP) is 4.04. The van der Waals surface area contributed by atoms with Gasteiger partial charge in [-0.3, -0.25) is 4.99 Å². The van der Waals surface area contributed by atoms with Gasteiger partial charge in [-0.2, -0.15) is 16.9 Å². The molecule has 0 aliphatic rings. The van der Waals surface area contributed by atoms with E-state index in [4.69, 9.17) is 0 Å². The molecule has 2 rings (SSSR count). The van der Waals surface area contributed by atoms with Crippen LogP contribution < -0.4 is 10.6 Å². The Kier molecular flexibility index (Phi) is 12.2. The van der Waals surface area contributed by atoms with Crippen molar-refractivity contribution in [1.82, 2.24) is 20.4 Å². The van der Waals surface area contributed by atoms with Crippen molar-refractivity contribution in [2.45, 2.75) is 32.6 Å². The first kappa shape index (κ1) is 23.8. The van der Waals surface area contributed by atoms with Crippen LogP contribution in [0.1, 0.15) is 30.5 Å². The van der Waals surface area contributed by atoms with Gasteiger partial charge in [0.05, 0.1) is 11.4 Å². The Hall–Kier alpha value is -1.22. The number of hydrogen-bond donors (Lipinski definition) is 2. The molecule has 0 unspecified atom stereocenters. The Balaban J connectivity index is 0.00000364. The van der Waals surface area contributed by atoms with E-state index in [0.29, 0.717) is 0 Å². The molecule has 0 aliphatic heterocycles. The van der Waals surface area contributed by atoms with E-state index in [2.05, 4.69) is 52.2 Å². The highest BCUT2D eigenvalue weighted by molar-refractivity contribution is 14.0. The number of guanidine groups is 1. The van der Waals surface area contributed by atoms with E-state index in [1.165, 1.54) is 24.2 Å². The van der Waals surface area contributed by atoms with Gasteiger partial charge >= 0.3 is 0 Å². The van der Waals surface area contributed by atoms with Crippen LogP contribution in [-0.4, -0.2) is 47.9 Å². The Morgan fingerprint density at radius 3 is 2.48 bits per heavy atom. The predicted molar refractivity (Wildman–Crippen MR) is 129 cm³/mol. The summed E-state index contributed by atoms with van der Waals surface area (Å²) in [5.41, 5.74) is 3.51. The molecule has 5 nitrogen and oxygen atoms in total. The maximum atomic E-state index is 4.63. The van der Waals surface area contributed by atoms with Crippen molar-refractivity contribution in [3.05, 3.63) is 47.8 Å². The minimum atomic E-state index is 0. The van der Waals surface area contributed by atoms with Crippen LogP contribution in [0.2, 0.25) is 0 Å². The summed E-state index contributed by atoms with van der Waals surface area (Å²) in [5, 5.41) is 11.4. The molecule has 0 atom stereocenters. The monoisotopic (exact) mass is 501 g/mol. The average molecular weight is 501 g/mol. The third-order valence-electron chi connectivity index (χ3n) is 4.23. The van der Waals surface area contributed by atoms with Crippen molar-refractivity contribution >= 4 is 41.7 Å². The summed E-state index contributed by atoms with van der Waals surface area (Å²) in [4.78, 5) is 4.28. The molecular formula is C20H32IN5S. The maximum Gasteiger partial charge on any atom is 0.190 e. The van der Waals surface area contributed by atoms with Gasteiger partial charge in [0.25, 0.3) is 0 Å². The summed E-state index contributed by atoms with van der Waals surface area (Å²) in [5.74, 6) is 2.12. The van der Waals surface area contributed by atoms with E-state index >= 15 is 0 Å². The topological polar surface area (TPSA) is 54.2 Å². The van der Waals surface area contributed by atoms with E-state index in [1.807, 2.05) is 41.7 Å². The standard InChI is InChI=1S/C20H31N5S.HI/c1-17-18(16-25(24-17)19-11-5-4-6-12-19)10-9-14-23-20(21-2)22-13-7-8-15-26-3;/h4-6,11-12,16H,7-10,13-15H2,1-3H3,(H2,21,22,23);1H. The second-order valence-corrected chi connectivity index (χ2v) is 7.23. The van der Waals surface area contributed by atoms with Gasteiger partial charge < -0.3 is 10.6 Å². The molecule has 27 heavy (non-hydrogen) atoms. The average Bonchev–Trinajstić information content (AvgIpc) is 3.04. The lowest BCUT2D eigenvalue weighted by atomic mass is 10.1. The maximum absolute atomic E-state index is 4.63. The number of nitrogens with zero attached hydrogens (tertiary/aromatic N) is 3. The number of thioether (sulfide) groups is 1. The van der Waals surface area contributed by atoms with Crippen LogP contribution in [0.4, 0.5) is 0 Å². The third kappa shape index (κ3) is 8.55. The van der Waals surface area contributed by atoms with Crippen LogP contribution in [-0.2, 0) is 6.42 Å². The van der Waals surface area contributed by atoms with Gasteiger partial charge in [-0.05, 0) is 62.3 Å². The van der Waals surface area contributed by atoms with Gasteiger partial charge in [0.2, 0.25) is 0 Å². The molecule has 2 aromatic rings. The fourth-order valence-electron chi connectivity index (χ4n) is 2.74. The summed E-state index contributed by atoms with van der Waals surface area (Å²) in [6, 6.07) is 10.3. The molecule has 1 aromatic heterocycles. The highest BCUT2D eigenvalue weighted by Crippen LogP contribution is 2.13. The molecule has 0 bridgehead atoms. The van der Waals surface area contributed by atoms with Gasteiger partial charge in [0.1, 0.15) is 0 Å². The second-order valence-electron chi connectivity index (χ2n) is 6.25. The fourth-order valence-corrected chi connectivity index (χ4v) is 3.23. The molecule has 0 fully saturated rings. The number of hydrogen-bond acceptors (Lipinski definition) is 3. The van der Waals surface area contributed by atoms with E-state index in [1.54, 1.807) is 0 Å². The van der Waals surface area contributed by atoms with E-state index in [0.717, 1.165) is 43.3 Å². The summed E-state index contributed by atoms with van der Waals surface area (Å²) in [7, 11) is 1.82. The molecular weight excluding hydrogens is 469 g/mol. The molecule has 150 valence electrons. The first-order valence-corrected chi connectivity index (χ1v) is 10.7. The first-order chi connectivity index (χ1) is 12.7. The van der Waals surface area contributed by atoms with Gasteiger partial charge in [-0.15, -0.1) is 24.0 Å². The van der Waals surface area contributed by atoms with Crippen molar-refractivity contribution in [3.8, 4) is 5.69 Å². The minimum Gasteiger partial charge on any atom is -0.356 e. The molecule has 7 heteroatoms. The number of para-hydroxylation sites is 1. The van der Waals surface area contributed by atoms with Crippen molar-refractivity contribution in [1.29, 1.82) is 0 Å². The van der Waals surface area contributed by atoms with Gasteiger partial charge in [-0.1, -0.05) is 18.2 Å². The van der Waals surface area contributed by atoms with Gasteiger partial charge in [-0.25, -0.2) is 4.68 Å². The zero-order valence-corrected chi connectivity index (χ0v) is 19.7. The highest BCUT2D eigenvalue weighted by atomic mass is 127. The highest BCUT2D eigenvalue weighted by Gasteiger charge is 2.06. The van der Waals surface area contributed by atoms with Crippen LogP contribution >= 0.6 is 35.7 Å². The number of nitrogens with one attached hydrogen (secondary N) is 2. The van der Waals surface area contributed by atoms with Crippen LogP contribution in [0, 0.1) is 6.92 Å². The van der Waals surface area contributed by atoms with Crippen LogP contribution in [0.5, 0.6) is 0 Å². The molecule has 0 amide bonds. The molecule has 0 saturated carbocycles. The lowest BCUT2D eigenvalue weighted by Crippen LogP contribution is -2.38. The largest absolute Gasteiger partial charge is 0.356 e. The third-order valence-corrected chi connectivity index (χ3v) is 4.92. The van der Waals surface area contributed by atoms with Crippen molar-refractivity contribution in [2.75, 3.05) is 32.1 Å². The van der Waals surface area contributed by atoms with Crippen molar-refractivity contribution in [3.63, 3.8) is 0 Å². The molecule has 0 spiro atoms. The lowest BCUT2D eigenvalue weighted by molar-refractivity contribution is 0.712. The summed E-state index contributed by atoms with van der Waals surface area (Å²) < 4.78 is 1.97. The lowest BCUT2D eigenvalue weighted by Gasteiger charge is -2.11. The van der Waals surface area contributed by atoms with Crippen molar-refractivity contribution < 1.29 is 0 Å². The normalized spacial score (nSPS) is 11.1. The second kappa shape index (κ2) is 13.9. The number of rotatable bonds is 10. The van der Waals surface area contributed by atoms with Gasteiger partial charge in [0, 0.05) is 26.3 Å². The summed E-state index contributed by atoms with van der Waals surface area (Å²) >= 11 is 1.90. The number of aliphatic imine (C=N–C) groups is 1.